The van der Waals surface area contributed by atoms with Crippen molar-refractivity contribution in [2.45, 2.75) is 25.3 Å². The third kappa shape index (κ3) is 3.75. The Morgan fingerprint density at radius 3 is 2.59 bits per heavy atom. The molecule has 0 bridgehead atoms. The van der Waals surface area contributed by atoms with Crippen molar-refractivity contribution in [3.63, 3.8) is 0 Å². The number of ether oxygens (including phenoxy) is 1. The number of amides is 1. The molecule has 4 heteroatoms. The average Bonchev–Trinajstić information content (AvgIpc) is 2.33. The summed E-state index contributed by atoms with van der Waals surface area (Å²) in [6.07, 6.45) is 2.23. The Bertz CT molecular complexity index is 370. The van der Waals surface area contributed by atoms with Gasteiger partial charge in [0.1, 0.15) is 0 Å². The first-order valence-corrected chi connectivity index (χ1v) is 5.95. The Morgan fingerprint density at radius 1 is 1.29 bits per heavy atom. The molecule has 17 heavy (non-hydrogen) atoms. The minimum atomic E-state index is 0.0710. The fourth-order valence-electron chi connectivity index (χ4n) is 1.94. The monoisotopic (exact) mass is 234 g/mol. The predicted molar refractivity (Wildman–Crippen MR) is 66.5 cm³/mol. The van der Waals surface area contributed by atoms with Crippen molar-refractivity contribution in [1.29, 1.82) is 0 Å². The molecule has 3 N–H and O–H groups in total. The maximum atomic E-state index is 11.8. The maximum Gasteiger partial charge on any atom is 0.224 e. The van der Waals surface area contributed by atoms with E-state index >= 15 is 0 Å². The Morgan fingerprint density at radius 2 is 1.94 bits per heavy atom. The minimum absolute atomic E-state index is 0.0710. The van der Waals surface area contributed by atoms with Crippen LogP contribution in [0.25, 0.3) is 0 Å². The van der Waals surface area contributed by atoms with Gasteiger partial charge >= 0.3 is 0 Å². The fraction of sp³-hybridized carbons (Fsp3) is 0.462. The molecule has 92 valence electrons. The zero-order valence-corrected chi connectivity index (χ0v) is 9.82. The molecule has 1 fully saturated rings. The number of rotatable bonds is 3. The molecule has 1 aliphatic heterocycles. The lowest BCUT2D eigenvalue weighted by Gasteiger charge is -2.23. The molecule has 1 aromatic rings. The average molecular weight is 234 g/mol. The van der Waals surface area contributed by atoms with Gasteiger partial charge in [0.25, 0.3) is 0 Å². The van der Waals surface area contributed by atoms with Gasteiger partial charge in [0.15, 0.2) is 0 Å². The normalized spacial score (nSPS) is 16.7. The summed E-state index contributed by atoms with van der Waals surface area (Å²) in [5, 5.41) is 3.03. The minimum Gasteiger partial charge on any atom is -0.399 e. The highest BCUT2D eigenvalue weighted by Crippen LogP contribution is 2.08. The molecule has 1 saturated heterocycles. The first kappa shape index (κ1) is 11.9. The van der Waals surface area contributed by atoms with Gasteiger partial charge in [-0.3, -0.25) is 4.79 Å². The summed E-state index contributed by atoms with van der Waals surface area (Å²) in [6.45, 7) is 1.49. The summed E-state index contributed by atoms with van der Waals surface area (Å²) < 4.78 is 5.25. The van der Waals surface area contributed by atoms with Crippen molar-refractivity contribution in [2.24, 2.45) is 0 Å². The van der Waals surface area contributed by atoms with E-state index in [4.69, 9.17) is 10.5 Å². The van der Waals surface area contributed by atoms with Crippen LogP contribution in [0.15, 0.2) is 24.3 Å². The van der Waals surface area contributed by atoms with Gasteiger partial charge in [-0.05, 0) is 30.5 Å². The number of hydrogen-bond donors (Lipinski definition) is 2. The van der Waals surface area contributed by atoms with Crippen LogP contribution in [0.5, 0.6) is 0 Å². The van der Waals surface area contributed by atoms with Crippen LogP contribution in [0.2, 0.25) is 0 Å². The molecular formula is C13H18N2O2. The molecule has 1 aliphatic rings. The number of carbonyl (C=O) groups is 1. The van der Waals surface area contributed by atoms with Crippen LogP contribution in [-0.2, 0) is 16.0 Å². The zero-order valence-electron chi connectivity index (χ0n) is 9.82. The summed E-state index contributed by atoms with van der Waals surface area (Å²) in [4.78, 5) is 11.8. The molecule has 4 nitrogen and oxygen atoms in total. The van der Waals surface area contributed by atoms with Gasteiger partial charge in [0, 0.05) is 24.9 Å². The van der Waals surface area contributed by atoms with Crippen LogP contribution in [-0.4, -0.2) is 25.2 Å². The second kappa shape index (κ2) is 5.68. The van der Waals surface area contributed by atoms with Crippen LogP contribution in [0.1, 0.15) is 18.4 Å². The number of hydrogen-bond acceptors (Lipinski definition) is 3. The van der Waals surface area contributed by atoms with Crippen LogP contribution in [0.4, 0.5) is 5.69 Å². The fourth-order valence-corrected chi connectivity index (χ4v) is 1.94. The third-order valence-electron chi connectivity index (χ3n) is 2.93. The van der Waals surface area contributed by atoms with E-state index in [-0.39, 0.29) is 11.9 Å². The van der Waals surface area contributed by atoms with Crippen LogP contribution >= 0.6 is 0 Å². The second-order valence-corrected chi connectivity index (χ2v) is 4.37. The van der Waals surface area contributed by atoms with E-state index in [9.17, 15) is 4.79 Å². The number of benzene rings is 1. The van der Waals surface area contributed by atoms with Crippen LogP contribution < -0.4 is 11.1 Å². The SMILES string of the molecule is Nc1ccc(CC(=O)NC2CCOCC2)cc1. The van der Waals surface area contributed by atoms with E-state index in [1.165, 1.54) is 0 Å². The lowest BCUT2D eigenvalue weighted by Crippen LogP contribution is -2.39. The highest BCUT2D eigenvalue weighted by atomic mass is 16.5. The predicted octanol–water partition coefficient (Wildman–Crippen LogP) is 1.11. The van der Waals surface area contributed by atoms with Crippen LogP contribution in [0.3, 0.4) is 0 Å². The molecule has 0 aromatic heterocycles. The number of nitrogens with two attached hydrogens (primary N) is 1. The topological polar surface area (TPSA) is 64.4 Å². The Balaban J connectivity index is 1.82. The molecule has 0 saturated carbocycles. The van der Waals surface area contributed by atoms with E-state index < -0.39 is 0 Å². The summed E-state index contributed by atoms with van der Waals surface area (Å²) in [7, 11) is 0. The Hall–Kier alpha value is -1.55. The lowest BCUT2D eigenvalue weighted by molar-refractivity contribution is -0.121. The van der Waals surface area contributed by atoms with Gasteiger partial charge < -0.3 is 15.8 Å². The van der Waals surface area contributed by atoms with Crippen molar-refractivity contribution >= 4 is 11.6 Å². The highest BCUT2D eigenvalue weighted by Gasteiger charge is 2.15. The molecule has 0 unspecified atom stereocenters. The van der Waals surface area contributed by atoms with E-state index in [2.05, 4.69) is 5.32 Å². The third-order valence-corrected chi connectivity index (χ3v) is 2.93. The van der Waals surface area contributed by atoms with Gasteiger partial charge in [-0.1, -0.05) is 12.1 Å². The van der Waals surface area contributed by atoms with E-state index in [1.807, 2.05) is 24.3 Å². The Labute approximate surface area is 101 Å². The quantitative estimate of drug-likeness (QED) is 0.770. The second-order valence-electron chi connectivity index (χ2n) is 4.37. The number of carbonyl (C=O) groups excluding carboxylic acids is 1. The van der Waals surface area contributed by atoms with Gasteiger partial charge in [-0.2, -0.15) is 0 Å². The smallest absolute Gasteiger partial charge is 0.224 e. The van der Waals surface area contributed by atoms with Gasteiger partial charge in [-0.25, -0.2) is 0 Å². The lowest BCUT2D eigenvalue weighted by atomic mass is 10.1. The van der Waals surface area contributed by atoms with E-state index in [1.54, 1.807) is 0 Å². The number of nitrogens with one attached hydrogen (secondary N) is 1. The first-order valence-electron chi connectivity index (χ1n) is 5.95. The summed E-state index contributed by atoms with van der Waals surface area (Å²) in [6, 6.07) is 7.68. The molecule has 0 radical (unpaired) electrons. The van der Waals surface area contributed by atoms with Gasteiger partial charge in [-0.15, -0.1) is 0 Å². The summed E-state index contributed by atoms with van der Waals surface area (Å²) in [5.74, 6) is 0.0710. The molecule has 1 aromatic carbocycles. The summed E-state index contributed by atoms with van der Waals surface area (Å²) in [5.41, 5.74) is 7.30. The van der Waals surface area contributed by atoms with Crippen molar-refractivity contribution in [2.75, 3.05) is 18.9 Å². The highest BCUT2D eigenvalue weighted by molar-refractivity contribution is 5.79. The molecule has 1 amide bonds. The van der Waals surface area contributed by atoms with E-state index in [0.29, 0.717) is 6.42 Å². The van der Waals surface area contributed by atoms with Crippen molar-refractivity contribution < 1.29 is 9.53 Å². The van der Waals surface area contributed by atoms with Crippen molar-refractivity contribution in [1.82, 2.24) is 5.32 Å². The van der Waals surface area contributed by atoms with Crippen molar-refractivity contribution in [3.05, 3.63) is 29.8 Å². The zero-order chi connectivity index (χ0) is 12.1. The molecule has 0 aliphatic carbocycles. The molecular weight excluding hydrogens is 216 g/mol. The van der Waals surface area contributed by atoms with Crippen LogP contribution in [0, 0.1) is 0 Å². The maximum absolute atomic E-state index is 11.8. The number of nitrogen functional groups attached to an aromatic ring is 1. The van der Waals surface area contributed by atoms with Crippen molar-refractivity contribution in [3.8, 4) is 0 Å². The largest absolute Gasteiger partial charge is 0.399 e. The molecule has 2 rings (SSSR count). The van der Waals surface area contributed by atoms with E-state index in [0.717, 1.165) is 37.3 Å². The molecule has 0 spiro atoms. The number of anilines is 1. The van der Waals surface area contributed by atoms with Gasteiger partial charge in [0.2, 0.25) is 5.91 Å². The Kier molecular flexibility index (Phi) is 3.98. The summed E-state index contributed by atoms with van der Waals surface area (Å²) >= 11 is 0. The standard InChI is InChI=1S/C13H18N2O2/c14-11-3-1-10(2-4-11)9-13(16)15-12-5-7-17-8-6-12/h1-4,12H,5-9,14H2,(H,15,16). The molecule has 0 atom stereocenters. The molecule has 1 heterocycles. The first-order chi connectivity index (χ1) is 8.24. The van der Waals surface area contributed by atoms with Gasteiger partial charge in [0.05, 0.1) is 6.42 Å².